The van der Waals surface area contributed by atoms with Gasteiger partial charge in [0.2, 0.25) is 0 Å². The van der Waals surface area contributed by atoms with Gasteiger partial charge in [-0.15, -0.1) is 24.0 Å². The van der Waals surface area contributed by atoms with Crippen molar-refractivity contribution in [2.75, 3.05) is 53.5 Å². The second-order valence-corrected chi connectivity index (χ2v) is 6.13. The molecule has 0 amide bonds. The van der Waals surface area contributed by atoms with Gasteiger partial charge in [-0.1, -0.05) is 13.3 Å². The average molecular weight is 426 g/mol. The molecule has 0 aromatic carbocycles. The number of rotatable bonds is 10. The summed E-state index contributed by atoms with van der Waals surface area (Å²) in [6.07, 6.45) is 5.30. The van der Waals surface area contributed by atoms with Gasteiger partial charge in [-0.2, -0.15) is 0 Å². The van der Waals surface area contributed by atoms with E-state index in [9.17, 15) is 0 Å². The third-order valence-electron chi connectivity index (χ3n) is 4.54. The molecule has 0 saturated heterocycles. The molecule has 0 atom stereocenters. The lowest BCUT2D eigenvalue weighted by atomic mass is 9.67. The molecule has 22 heavy (non-hydrogen) atoms. The Bertz CT molecular complexity index is 303. The zero-order chi connectivity index (χ0) is 15.6. The van der Waals surface area contributed by atoms with Crippen molar-refractivity contribution in [2.24, 2.45) is 10.4 Å². The number of methoxy groups -OCH3 is 1. The molecule has 6 heteroatoms. The molecule has 5 nitrogen and oxygen atoms in total. The van der Waals surface area contributed by atoms with Crippen molar-refractivity contribution in [3.8, 4) is 0 Å². The lowest BCUT2D eigenvalue weighted by Gasteiger charge is -2.40. The Morgan fingerprint density at radius 1 is 1.23 bits per heavy atom. The molecule has 1 aliphatic carbocycles. The summed E-state index contributed by atoms with van der Waals surface area (Å²) in [6, 6.07) is 0. The topological polar surface area (TPSA) is 48.9 Å². The zero-order valence-corrected chi connectivity index (χ0v) is 17.1. The van der Waals surface area contributed by atoms with Crippen molar-refractivity contribution in [3.63, 3.8) is 0 Å². The lowest BCUT2D eigenvalue weighted by molar-refractivity contribution is 0.139. The van der Waals surface area contributed by atoms with Crippen LogP contribution in [0.25, 0.3) is 0 Å². The van der Waals surface area contributed by atoms with Gasteiger partial charge in [0.25, 0.3) is 0 Å². The summed E-state index contributed by atoms with van der Waals surface area (Å²) in [5.41, 5.74) is 0.484. The Morgan fingerprint density at radius 2 is 1.95 bits per heavy atom. The Balaban J connectivity index is 0.00000441. The first-order valence-electron chi connectivity index (χ1n) is 8.35. The van der Waals surface area contributed by atoms with Gasteiger partial charge in [0.1, 0.15) is 0 Å². The molecule has 1 rings (SSSR count). The normalized spacial score (nSPS) is 16.9. The van der Waals surface area contributed by atoms with Crippen LogP contribution in [0.4, 0.5) is 0 Å². The van der Waals surface area contributed by atoms with Crippen LogP contribution >= 0.6 is 24.0 Å². The quantitative estimate of drug-likeness (QED) is 0.320. The van der Waals surface area contributed by atoms with Gasteiger partial charge in [-0.05, 0) is 38.6 Å². The minimum atomic E-state index is 0. The fraction of sp³-hybridized carbons (Fsp3) is 0.938. The third kappa shape index (κ3) is 7.97. The van der Waals surface area contributed by atoms with Crippen LogP contribution in [0.3, 0.4) is 0 Å². The van der Waals surface area contributed by atoms with Crippen LogP contribution < -0.4 is 10.6 Å². The van der Waals surface area contributed by atoms with Gasteiger partial charge in [-0.25, -0.2) is 0 Å². The summed E-state index contributed by atoms with van der Waals surface area (Å²) in [6.45, 7) is 9.91. The second kappa shape index (κ2) is 12.4. The van der Waals surface area contributed by atoms with E-state index < -0.39 is 0 Å². The highest BCUT2D eigenvalue weighted by Gasteiger charge is 2.34. The standard InChI is InChI=1S/C16H34N4O.HI/c1-5-16(8-7-9-16)14-19-15(17-6-2)18-10-11-20(3)12-13-21-4;/h5-14H2,1-4H3,(H2,17,18,19);1H. The number of nitrogens with zero attached hydrogens (tertiary/aromatic N) is 2. The number of aliphatic imine (C=N–C) groups is 1. The van der Waals surface area contributed by atoms with Crippen LogP contribution in [-0.2, 0) is 4.74 Å². The number of nitrogens with one attached hydrogen (secondary N) is 2. The summed E-state index contributed by atoms with van der Waals surface area (Å²) in [4.78, 5) is 7.05. The number of hydrogen-bond acceptors (Lipinski definition) is 3. The Morgan fingerprint density at radius 3 is 2.45 bits per heavy atom. The van der Waals surface area contributed by atoms with E-state index in [2.05, 4.69) is 36.4 Å². The number of hydrogen-bond donors (Lipinski definition) is 2. The van der Waals surface area contributed by atoms with E-state index in [4.69, 9.17) is 9.73 Å². The first-order chi connectivity index (χ1) is 10.2. The number of guanidine groups is 1. The first kappa shape index (κ1) is 21.9. The summed E-state index contributed by atoms with van der Waals surface area (Å²) in [5.74, 6) is 0.956. The molecule has 0 aliphatic heterocycles. The smallest absolute Gasteiger partial charge is 0.191 e. The zero-order valence-electron chi connectivity index (χ0n) is 14.8. The predicted molar refractivity (Wildman–Crippen MR) is 105 cm³/mol. The molecule has 0 aromatic rings. The molecular formula is C16H35IN4O. The largest absolute Gasteiger partial charge is 0.383 e. The fourth-order valence-corrected chi connectivity index (χ4v) is 2.61. The predicted octanol–water partition coefficient (Wildman–Crippen LogP) is 2.32. The van der Waals surface area contributed by atoms with Crippen LogP contribution in [0.1, 0.15) is 39.5 Å². The van der Waals surface area contributed by atoms with Crippen LogP contribution in [-0.4, -0.2) is 64.3 Å². The highest BCUT2D eigenvalue weighted by atomic mass is 127. The molecule has 1 saturated carbocycles. The SMILES string of the molecule is CCNC(=NCC1(CC)CCC1)NCCN(C)CCOC.I. The molecule has 132 valence electrons. The van der Waals surface area contributed by atoms with Crippen molar-refractivity contribution in [3.05, 3.63) is 0 Å². The van der Waals surface area contributed by atoms with E-state index >= 15 is 0 Å². The van der Waals surface area contributed by atoms with Gasteiger partial charge in [0, 0.05) is 39.8 Å². The minimum Gasteiger partial charge on any atom is -0.383 e. The van der Waals surface area contributed by atoms with Crippen LogP contribution in [0.5, 0.6) is 0 Å². The average Bonchev–Trinajstić information content (AvgIpc) is 2.44. The Kier molecular flexibility index (Phi) is 12.3. The second-order valence-electron chi connectivity index (χ2n) is 6.13. The third-order valence-corrected chi connectivity index (χ3v) is 4.54. The Labute approximate surface area is 153 Å². The van der Waals surface area contributed by atoms with Gasteiger partial charge >= 0.3 is 0 Å². The van der Waals surface area contributed by atoms with E-state index in [1.54, 1.807) is 7.11 Å². The van der Waals surface area contributed by atoms with Crippen molar-refractivity contribution >= 4 is 29.9 Å². The molecule has 1 aliphatic rings. The number of ether oxygens (including phenoxy) is 1. The van der Waals surface area contributed by atoms with Crippen LogP contribution in [0.2, 0.25) is 0 Å². The van der Waals surface area contributed by atoms with Gasteiger partial charge in [0.15, 0.2) is 5.96 Å². The molecular weight excluding hydrogens is 391 g/mol. The molecule has 0 radical (unpaired) electrons. The van der Waals surface area contributed by atoms with Crippen molar-refractivity contribution in [1.82, 2.24) is 15.5 Å². The van der Waals surface area contributed by atoms with Gasteiger partial charge in [-0.3, -0.25) is 4.99 Å². The Hall–Kier alpha value is -0.0800. The maximum atomic E-state index is 5.09. The first-order valence-corrected chi connectivity index (χ1v) is 8.35. The summed E-state index contributed by atoms with van der Waals surface area (Å²) in [7, 11) is 3.86. The van der Waals surface area contributed by atoms with E-state index in [-0.39, 0.29) is 24.0 Å². The highest BCUT2D eigenvalue weighted by molar-refractivity contribution is 14.0. The van der Waals surface area contributed by atoms with Crippen molar-refractivity contribution < 1.29 is 4.74 Å². The monoisotopic (exact) mass is 426 g/mol. The van der Waals surface area contributed by atoms with Gasteiger partial charge < -0.3 is 20.3 Å². The van der Waals surface area contributed by atoms with Crippen LogP contribution in [0.15, 0.2) is 4.99 Å². The summed E-state index contributed by atoms with van der Waals surface area (Å²) in [5, 5.41) is 6.77. The highest BCUT2D eigenvalue weighted by Crippen LogP contribution is 2.43. The number of likely N-dealkylation sites (N-methyl/N-ethyl adjacent to an activating group) is 1. The van der Waals surface area contributed by atoms with E-state index in [1.165, 1.54) is 25.7 Å². The molecule has 2 N–H and O–H groups in total. The fourth-order valence-electron chi connectivity index (χ4n) is 2.61. The maximum Gasteiger partial charge on any atom is 0.191 e. The molecule has 0 unspecified atom stereocenters. The van der Waals surface area contributed by atoms with Gasteiger partial charge in [0.05, 0.1) is 6.61 Å². The van der Waals surface area contributed by atoms with E-state index in [0.717, 1.165) is 45.3 Å². The maximum absolute atomic E-state index is 5.09. The van der Waals surface area contributed by atoms with Crippen LogP contribution in [0, 0.1) is 5.41 Å². The van der Waals surface area contributed by atoms with E-state index in [1.807, 2.05) is 0 Å². The van der Waals surface area contributed by atoms with Crippen molar-refractivity contribution in [2.45, 2.75) is 39.5 Å². The summed E-state index contributed by atoms with van der Waals surface area (Å²) < 4.78 is 5.09. The molecule has 0 bridgehead atoms. The van der Waals surface area contributed by atoms with E-state index in [0.29, 0.717) is 5.41 Å². The summed E-state index contributed by atoms with van der Waals surface area (Å²) >= 11 is 0. The molecule has 0 heterocycles. The van der Waals surface area contributed by atoms with Crippen molar-refractivity contribution in [1.29, 1.82) is 0 Å². The molecule has 0 spiro atoms. The lowest BCUT2D eigenvalue weighted by Crippen LogP contribution is -2.42. The minimum absolute atomic E-state index is 0. The molecule has 1 fully saturated rings. The molecule has 0 aromatic heterocycles. The number of halogens is 1.